The lowest BCUT2D eigenvalue weighted by Gasteiger charge is -2.08. The fourth-order valence-electron chi connectivity index (χ4n) is 2.79. The molecule has 0 radical (unpaired) electrons. The summed E-state index contributed by atoms with van der Waals surface area (Å²) in [6.07, 6.45) is 3.01. The number of amides is 2. The van der Waals surface area contributed by atoms with Crippen LogP contribution < -0.4 is 10.6 Å². The van der Waals surface area contributed by atoms with Crippen LogP contribution in [0, 0.1) is 0 Å². The maximum atomic E-state index is 12.5. The molecule has 0 aliphatic rings. The molecule has 2 amide bonds. The Balaban J connectivity index is 1.38. The average molecular weight is 398 g/mol. The predicted octanol–water partition coefficient (Wildman–Crippen LogP) is 2.84. The van der Waals surface area contributed by atoms with Gasteiger partial charge < -0.3 is 10.6 Å². The zero-order chi connectivity index (χ0) is 20.8. The first-order valence-corrected chi connectivity index (χ1v) is 9.25. The third-order valence-corrected chi connectivity index (χ3v) is 4.35. The second-order valence-electron chi connectivity index (χ2n) is 6.45. The fourth-order valence-corrected chi connectivity index (χ4v) is 2.79. The summed E-state index contributed by atoms with van der Waals surface area (Å²) < 4.78 is 1.61. The first-order chi connectivity index (χ1) is 14.7. The lowest BCUT2D eigenvalue weighted by molar-refractivity contribution is 0.0950. The molecular formula is C22H18N6O2. The van der Waals surface area contributed by atoms with Gasteiger partial charge >= 0.3 is 0 Å². The summed E-state index contributed by atoms with van der Waals surface area (Å²) in [7, 11) is 0. The number of hydrogen-bond donors (Lipinski definition) is 2. The van der Waals surface area contributed by atoms with Gasteiger partial charge in [0.25, 0.3) is 11.8 Å². The van der Waals surface area contributed by atoms with E-state index in [0.29, 0.717) is 23.6 Å². The SMILES string of the molecule is O=C(NCc1ccccc1)c1ccc(NC(=O)c2cccc(-n3cnnc3)n2)cc1. The maximum absolute atomic E-state index is 12.5. The van der Waals surface area contributed by atoms with Gasteiger partial charge in [0.15, 0.2) is 0 Å². The van der Waals surface area contributed by atoms with Crippen molar-refractivity contribution in [1.82, 2.24) is 25.1 Å². The molecule has 4 rings (SSSR count). The lowest BCUT2D eigenvalue weighted by Crippen LogP contribution is -2.22. The molecule has 0 bridgehead atoms. The molecule has 8 heteroatoms. The maximum Gasteiger partial charge on any atom is 0.274 e. The lowest BCUT2D eigenvalue weighted by atomic mass is 10.1. The number of benzene rings is 2. The van der Waals surface area contributed by atoms with Crippen LogP contribution in [-0.4, -0.2) is 31.6 Å². The van der Waals surface area contributed by atoms with Crippen molar-refractivity contribution in [3.05, 3.63) is 102 Å². The molecule has 0 aliphatic carbocycles. The molecule has 0 saturated carbocycles. The summed E-state index contributed by atoms with van der Waals surface area (Å²) in [4.78, 5) is 29.1. The van der Waals surface area contributed by atoms with Gasteiger partial charge in [-0.2, -0.15) is 0 Å². The monoisotopic (exact) mass is 398 g/mol. The number of nitrogens with one attached hydrogen (secondary N) is 2. The topological polar surface area (TPSA) is 102 Å². The summed E-state index contributed by atoms with van der Waals surface area (Å²) in [5, 5.41) is 13.1. The van der Waals surface area contributed by atoms with Crippen LogP contribution in [0.2, 0.25) is 0 Å². The summed E-state index contributed by atoms with van der Waals surface area (Å²) in [6, 6.07) is 21.5. The van der Waals surface area contributed by atoms with Crippen molar-refractivity contribution in [2.45, 2.75) is 6.54 Å². The van der Waals surface area contributed by atoms with Crippen molar-refractivity contribution in [1.29, 1.82) is 0 Å². The number of rotatable bonds is 6. The third-order valence-electron chi connectivity index (χ3n) is 4.35. The summed E-state index contributed by atoms with van der Waals surface area (Å²) in [5.74, 6) is 0.00401. The number of hydrogen-bond acceptors (Lipinski definition) is 5. The second-order valence-corrected chi connectivity index (χ2v) is 6.45. The highest BCUT2D eigenvalue weighted by Gasteiger charge is 2.11. The van der Waals surface area contributed by atoms with Gasteiger partial charge in [0.05, 0.1) is 0 Å². The first-order valence-electron chi connectivity index (χ1n) is 9.25. The Morgan fingerprint density at radius 3 is 2.27 bits per heavy atom. The Bertz CT molecular complexity index is 1140. The van der Waals surface area contributed by atoms with E-state index >= 15 is 0 Å². The van der Waals surface area contributed by atoms with Crippen LogP contribution in [0.4, 0.5) is 5.69 Å². The molecular weight excluding hydrogens is 380 g/mol. The summed E-state index contributed by atoms with van der Waals surface area (Å²) in [6.45, 7) is 0.451. The molecule has 4 aromatic rings. The number of anilines is 1. The van der Waals surface area contributed by atoms with E-state index in [2.05, 4.69) is 25.8 Å². The van der Waals surface area contributed by atoms with Crippen LogP contribution in [0.5, 0.6) is 0 Å². The van der Waals surface area contributed by atoms with Gasteiger partial charge in [-0.15, -0.1) is 10.2 Å². The van der Waals surface area contributed by atoms with Crippen molar-refractivity contribution >= 4 is 17.5 Å². The van der Waals surface area contributed by atoms with E-state index in [0.717, 1.165) is 5.56 Å². The van der Waals surface area contributed by atoms with Crippen LogP contribution in [0.15, 0.2) is 85.5 Å². The normalized spacial score (nSPS) is 10.4. The predicted molar refractivity (Wildman–Crippen MR) is 111 cm³/mol. The van der Waals surface area contributed by atoms with E-state index in [1.165, 1.54) is 12.7 Å². The highest BCUT2D eigenvalue weighted by atomic mass is 16.2. The van der Waals surface area contributed by atoms with Gasteiger partial charge in [0, 0.05) is 17.8 Å². The molecule has 30 heavy (non-hydrogen) atoms. The van der Waals surface area contributed by atoms with E-state index in [4.69, 9.17) is 0 Å². The number of carbonyl (C=O) groups is 2. The van der Waals surface area contributed by atoms with E-state index in [1.807, 2.05) is 30.3 Å². The molecule has 2 N–H and O–H groups in total. The van der Waals surface area contributed by atoms with Gasteiger partial charge in [0.2, 0.25) is 0 Å². The molecule has 148 valence electrons. The first kappa shape index (κ1) is 19.0. The van der Waals surface area contributed by atoms with Crippen LogP contribution in [-0.2, 0) is 6.54 Å². The smallest absolute Gasteiger partial charge is 0.274 e. The van der Waals surface area contributed by atoms with E-state index in [-0.39, 0.29) is 17.5 Å². The molecule has 2 aromatic carbocycles. The molecule has 0 fully saturated rings. The van der Waals surface area contributed by atoms with Crippen LogP contribution in [0.3, 0.4) is 0 Å². The molecule has 2 heterocycles. The minimum atomic E-state index is -0.355. The zero-order valence-corrected chi connectivity index (χ0v) is 15.9. The Kier molecular flexibility index (Phi) is 5.56. The standard InChI is InChI=1S/C22H18N6O2/c29-21(23-13-16-5-2-1-3-6-16)17-9-11-18(12-10-17)26-22(30)19-7-4-8-20(27-19)28-14-24-25-15-28/h1-12,14-15H,13H2,(H,23,29)(H,26,30). The second kappa shape index (κ2) is 8.78. The van der Waals surface area contributed by atoms with Gasteiger partial charge in [-0.25, -0.2) is 4.98 Å². The van der Waals surface area contributed by atoms with Gasteiger partial charge in [0.1, 0.15) is 24.2 Å². The van der Waals surface area contributed by atoms with Gasteiger partial charge in [-0.3, -0.25) is 14.2 Å². The van der Waals surface area contributed by atoms with Gasteiger partial charge in [-0.1, -0.05) is 36.4 Å². The van der Waals surface area contributed by atoms with Crippen molar-refractivity contribution in [3.63, 3.8) is 0 Å². The van der Waals surface area contributed by atoms with Crippen molar-refractivity contribution in [2.75, 3.05) is 5.32 Å². The van der Waals surface area contributed by atoms with Crippen LogP contribution in [0.25, 0.3) is 5.82 Å². The molecule has 0 atom stereocenters. The Hall–Kier alpha value is -4.33. The third kappa shape index (κ3) is 4.56. The number of aromatic nitrogens is 4. The zero-order valence-electron chi connectivity index (χ0n) is 15.9. The quantitative estimate of drug-likeness (QED) is 0.520. The highest BCUT2D eigenvalue weighted by Crippen LogP contribution is 2.12. The van der Waals surface area contributed by atoms with Crippen LogP contribution >= 0.6 is 0 Å². The largest absolute Gasteiger partial charge is 0.348 e. The van der Waals surface area contributed by atoms with E-state index in [9.17, 15) is 9.59 Å². The summed E-state index contributed by atoms with van der Waals surface area (Å²) >= 11 is 0. The van der Waals surface area contributed by atoms with Crippen molar-refractivity contribution in [3.8, 4) is 5.82 Å². The molecule has 0 unspecified atom stereocenters. The number of nitrogens with zero attached hydrogens (tertiary/aromatic N) is 4. The summed E-state index contributed by atoms with van der Waals surface area (Å²) in [5.41, 5.74) is 2.36. The molecule has 2 aromatic heterocycles. The van der Waals surface area contributed by atoms with Crippen LogP contribution in [0.1, 0.15) is 26.4 Å². The Morgan fingerprint density at radius 2 is 1.53 bits per heavy atom. The van der Waals surface area contributed by atoms with Crippen molar-refractivity contribution < 1.29 is 9.59 Å². The number of carbonyl (C=O) groups excluding carboxylic acids is 2. The average Bonchev–Trinajstić information content (AvgIpc) is 3.34. The fraction of sp³-hybridized carbons (Fsp3) is 0.0455. The van der Waals surface area contributed by atoms with E-state index in [1.54, 1.807) is 47.0 Å². The minimum absolute atomic E-state index is 0.181. The highest BCUT2D eigenvalue weighted by molar-refractivity contribution is 6.03. The minimum Gasteiger partial charge on any atom is -0.348 e. The van der Waals surface area contributed by atoms with E-state index < -0.39 is 0 Å². The molecule has 0 spiro atoms. The Morgan fingerprint density at radius 1 is 0.800 bits per heavy atom. The molecule has 8 nitrogen and oxygen atoms in total. The Labute approximate surface area is 172 Å². The molecule has 0 saturated heterocycles. The van der Waals surface area contributed by atoms with Gasteiger partial charge in [-0.05, 0) is 42.0 Å². The number of pyridine rings is 1. The van der Waals surface area contributed by atoms with Crippen molar-refractivity contribution in [2.24, 2.45) is 0 Å². The molecule has 0 aliphatic heterocycles.